The van der Waals surface area contributed by atoms with Crippen molar-refractivity contribution in [2.75, 3.05) is 7.11 Å². The van der Waals surface area contributed by atoms with E-state index in [1.807, 2.05) is 0 Å². The highest BCUT2D eigenvalue weighted by Gasteiger charge is 2.45. The lowest BCUT2D eigenvalue weighted by atomic mass is 9.58. The van der Waals surface area contributed by atoms with Crippen molar-refractivity contribution in [3.8, 4) is 0 Å². The summed E-state index contributed by atoms with van der Waals surface area (Å²) >= 11 is 0. The lowest BCUT2D eigenvalue weighted by molar-refractivity contribution is -0.127. The van der Waals surface area contributed by atoms with Gasteiger partial charge in [0.05, 0.1) is 12.9 Å². The van der Waals surface area contributed by atoms with Crippen molar-refractivity contribution in [2.24, 2.45) is 17.3 Å². The number of fused-ring (bicyclic) bond motifs is 2. The second kappa shape index (κ2) is 3.11. The van der Waals surface area contributed by atoms with Crippen LogP contribution in [0.5, 0.6) is 0 Å². The molecule has 1 saturated carbocycles. The van der Waals surface area contributed by atoms with Crippen LogP contribution in [0.1, 0.15) is 33.1 Å². The minimum absolute atomic E-state index is 0.274. The first-order valence-electron chi connectivity index (χ1n) is 5.30. The van der Waals surface area contributed by atoms with E-state index < -0.39 is 0 Å². The average molecular weight is 194 g/mol. The summed E-state index contributed by atoms with van der Waals surface area (Å²) in [6.07, 6.45) is 4.54. The highest BCUT2D eigenvalue weighted by Crippen LogP contribution is 2.50. The molecule has 2 rings (SSSR count). The third kappa shape index (κ3) is 1.37. The standard InChI is InChI=1S/C12H18O2/c1-12(2)8-4-10(13)5-9(12)7-11(6-8)14-3/h6,8-9H,4-5,7H2,1-3H3. The Labute approximate surface area is 85.3 Å². The number of carbonyl (C=O) groups excluding carboxylic acids is 1. The van der Waals surface area contributed by atoms with E-state index in [-0.39, 0.29) is 5.41 Å². The number of hydrogen-bond acceptors (Lipinski definition) is 2. The predicted octanol–water partition coefficient (Wildman–Crippen LogP) is 2.54. The fraction of sp³-hybridized carbons (Fsp3) is 0.750. The SMILES string of the molecule is COC1=CC2CC(=O)CC(C1)C2(C)C. The van der Waals surface area contributed by atoms with Crippen molar-refractivity contribution in [3.05, 3.63) is 11.8 Å². The Morgan fingerprint density at radius 1 is 1.36 bits per heavy atom. The predicted molar refractivity (Wildman–Crippen MR) is 54.7 cm³/mol. The van der Waals surface area contributed by atoms with Crippen LogP contribution in [0.25, 0.3) is 0 Å². The number of rotatable bonds is 1. The molecule has 0 radical (unpaired) electrons. The van der Waals surface area contributed by atoms with E-state index >= 15 is 0 Å². The van der Waals surface area contributed by atoms with Crippen LogP contribution in [0.3, 0.4) is 0 Å². The van der Waals surface area contributed by atoms with Crippen LogP contribution in [0.4, 0.5) is 0 Å². The Morgan fingerprint density at radius 2 is 2.07 bits per heavy atom. The zero-order chi connectivity index (χ0) is 10.3. The van der Waals surface area contributed by atoms with Gasteiger partial charge < -0.3 is 4.74 Å². The first-order valence-corrected chi connectivity index (χ1v) is 5.30. The normalized spacial score (nSPS) is 35.1. The van der Waals surface area contributed by atoms with Gasteiger partial charge in [-0.2, -0.15) is 0 Å². The van der Waals surface area contributed by atoms with Gasteiger partial charge in [0.2, 0.25) is 0 Å². The number of ether oxygens (including phenoxy) is 1. The molecule has 0 aromatic heterocycles. The zero-order valence-corrected chi connectivity index (χ0v) is 9.17. The number of ketones is 1. The second-order valence-corrected chi connectivity index (χ2v) is 5.11. The van der Waals surface area contributed by atoms with E-state index in [2.05, 4.69) is 19.9 Å². The molecule has 0 aliphatic heterocycles. The van der Waals surface area contributed by atoms with Crippen LogP contribution in [0, 0.1) is 17.3 Å². The summed E-state index contributed by atoms with van der Waals surface area (Å²) in [6, 6.07) is 0. The van der Waals surface area contributed by atoms with Gasteiger partial charge in [-0.15, -0.1) is 0 Å². The molecule has 78 valence electrons. The highest BCUT2D eigenvalue weighted by molar-refractivity contribution is 5.80. The minimum atomic E-state index is 0.274. The molecule has 0 N–H and O–H groups in total. The maximum atomic E-state index is 11.5. The van der Waals surface area contributed by atoms with Gasteiger partial charge in [-0.05, 0) is 23.3 Å². The summed E-state index contributed by atoms with van der Waals surface area (Å²) in [4.78, 5) is 11.5. The van der Waals surface area contributed by atoms with Gasteiger partial charge in [-0.1, -0.05) is 13.8 Å². The number of carbonyl (C=O) groups is 1. The zero-order valence-electron chi connectivity index (χ0n) is 9.17. The summed E-state index contributed by atoms with van der Waals surface area (Å²) in [5.41, 5.74) is 0.274. The average Bonchev–Trinajstić information content (AvgIpc) is 2.07. The van der Waals surface area contributed by atoms with Gasteiger partial charge >= 0.3 is 0 Å². The van der Waals surface area contributed by atoms with Crippen molar-refractivity contribution in [3.63, 3.8) is 0 Å². The molecule has 0 aromatic carbocycles. The van der Waals surface area contributed by atoms with E-state index in [1.165, 1.54) is 0 Å². The van der Waals surface area contributed by atoms with Gasteiger partial charge in [-0.25, -0.2) is 0 Å². The maximum Gasteiger partial charge on any atom is 0.133 e. The highest BCUT2D eigenvalue weighted by atomic mass is 16.5. The molecule has 0 amide bonds. The summed E-state index contributed by atoms with van der Waals surface area (Å²) in [7, 11) is 1.72. The molecule has 1 fully saturated rings. The van der Waals surface area contributed by atoms with Crippen molar-refractivity contribution in [1.82, 2.24) is 0 Å². The van der Waals surface area contributed by atoms with Crippen molar-refractivity contribution in [1.29, 1.82) is 0 Å². The lowest BCUT2D eigenvalue weighted by Crippen LogP contribution is -2.42. The van der Waals surface area contributed by atoms with Crippen LogP contribution in [-0.4, -0.2) is 12.9 Å². The second-order valence-electron chi connectivity index (χ2n) is 5.11. The third-order valence-corrected chi connectivity index (χ3v) is 4.03. The number of methoxy groups -OCH3 is 1. The van der Waals surface area contributed by atoms with E-state index in [9.17, 15) is 4.79 Å². The fourth-order valence-electron chi connectivity index (χ4n) is 2.73. The first-order chi connectivity index (χ1) is 6.54. The van der Waals surface area contributed by atoms with Gasteiger partial charge in [0.15, 0.2) is 0 Å². The molecule has 0 spiro atoms. The Bertz CT molecular complexity index is 289. The summed E-state index contributed by atoms with van der Waals surface area (Å²) in [5, 5.41) is 0. The Hall–Kier alpha value is -0.790. The summed E-state index contributed by atoms with van der Waals surface area (Å²) in [5.74, 6) is 2.36. The fourth-order valence-corrected chi connectivity index (χ4v) is 2.73. The molecule has 14 heavy (non-hydrogen) atoms. The molecule has 2 heteroatoms. The molecule has 2 unspecified atom stereocenters. The number of allylic oxidation sites excluding steroid dienone is 2. The molecular formula is C12H18O2. The van der Waals surface area contributed by atoms with E-state index in [1.54, 1.807) is 7.11 Å². The van der Waals surface area contributed by atoms with Gasteiger partial charge in [-0.3, -0.25) is 4.79 Å². The number of Topliss-reactive ketones (excluding diaryl/α,β-unsaturated/α-hetero) is 1. The monoisotopic (exact) mass is 194 g/mol. The topological polar surface area (TPSA) is 26.3 Å². The molecule has 2 bridgehead atoms. The van der Waals surface area contributed by atoms with E-state index in [0.29, 0.717) is 24.0 Å². The summed E-state index contributed by atoms with van der Waals surface area (Å²) in [6.45, 7) is 4.55. The van der Waals surface area contributed by atoms with Crippen molar-refractivity contribution >= 4 is 5.78 Å². The van der Waals surface area contributed by atoms with Crippen LogP contribution >= 0.6 is 0 Å². The van der Waals surface area contributed by atoms with Crippen LogP contribution in [0.15, 0.2) is 11.8 Å². The maximum absolute atomic E-state index is 11.5. The molecule has 2 nitrogen and oxygen atoms in total. The summed E-state index contributed by atoms with van der Waals surface area (Å²) < 4.78 is 5.31. The van der Waals surface area contributed by atoms with Crippen LogP contribution in [0.2, 0.25) is 0 Å². The molecule has 0 aromatic rings. The van der Waals surface area contributed by atoms with Gasteiger partial charge in [0.1, 0.15) is 5.78 Å². The third-order valence-electron chi connectivity index (χ3n) is 4.03. The quantitative estimate of drug-likeness (QED) is 0.641. The molecular weight excluding hydrogens is 176 g/mol. The van der Waals surface area contributed by atoms with Crippen LogP contribution in [-0.2, 0) is 9.53 Å². The molecule has 2 aliphatic carbocycles. The van der Waals surface area contributed by atoms with Crippen LogP contribution < -0.4 is 0 Å². The number of hydrogen-bond donors (Lipinski definition) is 0. The van der Waals surface area contributed by atoms with E-state index in [0.717, 1.165) is 18.6 Å². The Kier molecular flexibility index (Phi) is 2.17. The smallest absolute Gasteiger partial charge is 0.133 e. The molecule has 2 atom stereocenters. The molecule has 2 aliphatic rings. The lowest BCUT2D eigenvalue weighted by Gasteiger charge is -2.46. The van der Waals surface area contributed by atoms with Crippen molar-refractivity contribution in [2.45, 2.75) is 33.1 Å². The minimum Gasteiger partial charge on any atom is -0.501 e. The Balaban J connectivity index is 2.32. The van der Waals surface area contributed by atoms with Gasteiger partial charge in [0, 0.05) is 19.3 Å². The van der Waals surface area contributed by atoms with Gasteiger partial charge in [0.25, 0.3) is 0 Å². The van der Waals surface area contributed by atoms with E-state index in [4.69, 9.17) is 4.74 Å². The Morgan fingerprint density at radius 3 is 2.64 bits per heavy atom. The largest absolute Gasteiger partial charge is 0.501 e. The van der Waals surface area contributed by atoms with Crippen molar-refractivity contribution < 1.29 is 9.53 Å². The molecule has 0 saturated heterocycles. The molecule has 0 heterocycles. The first kappa shape index (κ1) is 9.75.